The van der Waals surface area contributed by atoms with Gasteiger partial charge >= 0.3 is 0 Å². The summed E-state index contributed by atoms with van der Waals surface area (Å²) < 4.78 is 1.58. The van der Waals surface area contributed by atoms with Gasteiger partial charge in [-0.3, -0.25) is 14.9 Å². The molecule has 0 fully saturated rings. The van der Waals surface area contributed by atoms with Gasteiger partial charge < -0.3 is 0 Å². The van der Waals surface area contributed by atoms with E-state index in [1.807, 2.05) is 64.1 Å². The Labute approximate surface area is 141 Å². The Morgan fingerprint density at radius 2 is 1.75 bits per heavy atom. The summed E-state index contributed by atoms with van der Waals surface area (Å²) in [4.78, 5) is 17.3. The molecule has 0 aliphatic heterocycles. The van der Waals surface area contributed by atoms with Gasteiger partial charge in [-0.15, -0.1) is 0 Å². The number of benzene rings is 2. The number of hydrogen-bond donors (Lipinski definition) is 1. The third-order valence-electron chi connectivity index (χ3n) is 4.17. The van der Waals surface area contributed by atoms with Crippen molar-refractivity contribution in [3.05, 3.63) is 80.8 Å². The fourth-order valence-electron chi connectivity index (χ4n) is 2.69. The van der Waals surface area contributed by atoms with Crippen molar-refractivity contribution in [1.29, 1.82) is 0 Å². The molecule has 0 aliphatic carbocycles. The minimum Gasteiger partial charge on any atom is -0.295 e. The van der Waals surface area contributed by atoms with Crippen LogP contribution < -0.4 is 5.56 Å². The van der Waals surface area contributed by atoms with Crippen LogP contribution in [0.4, 0.5) is 5.69 Å². The average molecular weight is 319 g/mol. The molecule has 3 aromatic rings. The second kappa shape index (κ2) is 6.32. The number of aromatic nitrogens is 2. The highest BCUT2D eigenvalue weighted by molar-refractivity contribution is 5.83. The van der Waals surface area contributed by atoms with Crippen LogP contribution in [0.1, 0.15) is 27.9 Å². The van der Waals surface area contributed by atoms with Crippen LogP contribution in [0.3, 0.4) is 0 Å². The average Bonchev–Trinajstić information content (AvgIpc) is 2.83. The standard InChI is InChI=1S/C20H21N3O/c1-13-9-10-14(2)18(11-13)21-12-17-16(4)22-23(20(17)24)19-8-6-5-7-15(19)3/h5-12,22H,1-4H3. The molecule has 1 N–H and O–H groups in total. The zero-order valence-corrected chi connectivity index (χ0v) is 14.4. The molecule has 4 heteroatoms. The van der Waals surface area contributed by atoms with Crippen LogP contribution in [0, 0.1) is 27.7 Å². The molecule has 122 valence electrons. The van der Waals surface area contributed by atoms with Gasteiger partial charge in [-0.25, -0.2) is 4.68 Å². The topological polar surface area (TPSA) is 50.1 Å². The number of nitrogens with one attached hydrogen (secondary N) is 1. The van der Waals surface area contributed by atoms with E-state index in [0.29, 0.717) is 5.56 Å². The second-order valence-corrected chi connectivity index (χ2v) is 6.13. The van der Waals surface area contributed by atoms with Gasteiger partial charge in [0.05, 0.1) is 16.9 Å². The first-order valence-electron chi connectivity index (χ1n) is 7.96. The lowest BCUT2D eigenvalue weighted by atomic mass is 10.1. The summed E-state index contributed by atoms with van der Waals surface area (Å²) in [6, 6.07) is 13.9. The Morgan fingerprint density at radius 1 is 1.00 bits per heavy atom. The maximum absolute atomic E-state index is 12.8. The van der Waals surface area contributed by atoms with E-state index in [1.54, 1.807) is 10.9 Å². The normalized spacial score (nSPS) is 11.3. The van der Waals surface area contributed by atoms with E-state index in [4.69, 9.17) is 0 Å². The summed E-state index contributed by atoms with van der Waals surface area (Å²) in [6.45, 7) is 7.93. The van der Waals surface area contributed by atoms with Crippen LogP contribution >= 0.6 is 0 Å². The maximum Gasteiger partial charge on any atom is 0.280 e. The molecule has 3 rings (SSSR count). The number of aliphatic imine (C=N–C) groups is 1. The van der Waals surface area contributed by atoms with E-state index in [0.717, 1.165) is 33.8 Å². The summed E-state index contributed by atoms with van der Waals surface area (Å²) in [6.07, 6.45) is 1.66. The van der Waals surface area contributed by atoms with Gasteiger partial charge in [-0.05, 0) is 56.5 Å². The molecule has 0 amide bonds. The van der Waals surface area contributed by atoms with E-state index in [-0.39, 0.29) is 5.56 Å². The molecule has 24 heavy (non-hydrogen) atoms. The van der Waals surface area contributed by atoms with Gasteiger partial charge in [0.25, 0.3) is 5.56 Å². The van der Waals surface area contributed by atoms with E-state index < -0.39 is 0 Å². The van der Waals surface area contributed by atoms with Gasteiger partial charge in [-0.1, -0.05) is 30.3 Å². The van der Waals surface area contributed by atoms with Crippen LogP contribution in [0.2, 0.25) is 0 Å². The van der Waals surface area contributed by atoms with Crippen molar-refractivity contribution in [3.63, 3.8) is 0 Å². The third kappa shape index (κ3) is 2.95. The Morgan fingerprint density at radius 3 is 2.50 bits per heavy atom. The Kier molecular flexibility index (Phi) is 4.21. The Bertz CT molecular complexity index is 977. The number of H-pyrrole nitrogens is 1. The molecular weight excluding hydrogens is 298 g/mol. The zero-order chi connectivity index (χ0) is 17.3. The number of hydrogen-bond acceptors (Lipinski definition) is 2. The molecule has 4 nitrogen and oxygen atoms in total. The molecule has 2 aromatic carbocycles. The van der Waals surface area contributed by atoms with Gasteiger partial charge in [0.15, 0.2) is 0 Å². The molecular formula is C20H21N3O. The molecule has 1 heterocycles. The fourth-order valence-corrected chi connectivity index (χ4v) is 2.69. The molecule has 0 atom stereocenters. The number of aryl methyl sites for hydroxylation is 4. The smallest absolute Gasteiger partial charge is 0.280 e. The van der Waals surface area contributed by atoms with Crippen molar-refractivity contribution in [3.8, 4) is 5.69 Å². The van der Waals surface area contributed by atoms with Crippen molar-refractivity contribution in [2.75, 3.05) is 0 Å². The number of para-hydroxylation sites is 1. The monoisotopic (exact) mass is 319 g/mol. The Balaban J connectivity index is 2.05. The summed E-state index contributed by atoms with van der Waals surface area (Å²) in [5.41, 5.74) is 6.32. The molecule has 1 aromatic heterocycles. The highest BCUT2D eigenvalue weighted by atomic mass is 16.1. The van der Waals surface area contributed by atoms with Crippen molar-refractivity contribution in [2.45, 2.75) is 27.7 Å². The van der Waals surface area contributed by atoms with E-state index in [2.05, 4.69) is 16.2 Å². The minimum atomic E-state index is -0.0872. The largest absolute Gasteiger partial charge is 0.295 e. The molecule has 0 radical (unpaired) electrons. The summed E-state index contributed by atoms with van der Waals surface area (Å²) >= 11 is 0. The van der Waals surface area contributed by atoms with Gasteiger partial charge in [0.2, 0.25) is 0 Å². The summed E-state index contributed by atoms with van der Waals surface area (Å²) in [5, 5.41) is 3.15. The van der Waals surface area contributed by atoms with Crippen molar-refractivity contribution < 1.29 is 0 Å². The molecule has 0 aliphatic rings. The number of aromatic amines is 1. The first-order valence-corrected chi connectivity index (χ1v) is 7.96. The van der Waals surface area contributed by atoms with Crippen molar-refractivity contribution in [2.24, 2.45) is 4.99 Å². The molecule has 0 spiro atoms. The highest BCUT2D eigenvalue weighted by Crippen LogP contribution is 2.20. The molecule has 0 saturated carbocycles. The predicted molar refractivity (Wildman–Crippen MR) is 99.0 cm³/mol. The van der Waals surface area contributed by atoms with Crippen LogP contribution in [0.5, 0.6) is 0 Å². The predicted octanol–water partition coefficient (Wildman–Crippen LogP) is 4.15. The second-order valence-electron chi connectivity index (χ2n) is 6.13. The van der Waals surface area contributed by atoms with E-state index >= 15 is 0 Å². The zero-order valence-electron chi connectivity index (χ0n) is 14.4. The van der Waals surface area contributed by atoms with Crippen LogP contribution in [-0.2, 0) is 0 Å². The quantitative estimate of drug-likeness (QED) is 0.724. The first-order chi connectivity index (χ1) is 11.5. The van der Waals surface area contributed by atoms with Crippen LogP contribution in [0.25, 0.3) is 5.69 Å². The van der Waals surface area contributed by atoms with Crippen LogP contribution in [-0.4, -0.2) is 16.0 Å². The fraction of sp³-hybridized carbons (Fsp3) is 0.200. The number of rotatable bonds is 3. The summed E-state index contributed by atoms with van der Waals surface area (Å²) in [5.74, 6) is 0. The van der Waals surface area contributed by atoms with E-state index in [1.165, 1.54) is 0 Å². The van der Waals surface area contributed by atoms with Crippen molar-refractivity contribution in [1.82, 2.24) is 9.78 Å². The van der Waals surface area contributed by atoms with Crippen molar-refractivity contribution >= 4 is 11.9 Å². The van der Waals surface area contributed by atoms with Gasteiger partial charge in [0, 0.05) is 11.9 Å². The highest BCUT2D eigenvalue weighted by Gasteiger charge is 2.12. The summed E-state index contributed by atoms with van der Waals surface area (Å²) in [7, 11) is 0. The van der Waals surface area contributed by atoms with E-state index in [9.17, 15) is 4.79 Å². The minimum absolute atomic E-state index is 0.0872. The number of nitrogens with zero attached hydrogens (tertiary/aromatic N) is 2. The SMILES string of the molecule is Cc1ccc(C)c(N=Cc2c(C)[nH]n(-c3ccccc3C)c2=O)c1. The maximum atomic E-state index is 12.8. The van der Waals surface area contributed by atoms with Gasteiger partial charge in [0.1, 0.15) is 0 Å². The lowest BCUT2D eigenvalue weighted by Gasteiger charge is -2.04. The molecule has 0 bridgehead atoms. The molecule has 0 saturated heterocycles. The van der Waals surface area contributed by atoms with Crippen LogP contribution in [0.15, 0.2) is 52.3 Å². The first kappa shape index (κ1) is 16.0. The lowest BCUT2D eigenvalue weighted by molar-refractivity contribution is 0.829. The van der Waals surface area contributed by atoms with Gasteiger partial charge in [-0.2, -0.15) is 0 Å². The Hall–Kier alpha value is -2.88. The molecule has 0 unspecified atom stereocenters. The third-order valence-corrected chi connectivity index (χ3v) is 4.17. The lowest BCUT2D eigenvalue weighted by Crippen LogP contribution is -2.18.